The van der Waals surface area contributed by atoms with Crippen molar-refractivity contribution in [3.63, 3.8) is 0 Å². The Balaban J connectivity index is 1.49. The van der Waals surface area contributed by atoms with E-state index in [2.05, 4.69) is 5.32 Å². The first kappa shape index (κ1) is 25.1. The number of hydrogen-bond acceptors (Lipinski definition) is 5. The van der Waals surface area contributed by atoms with E-state index in [-0.39, 0.29) is 18.1 Å². The van der Waals surface area contributed by atoms with Crippen LogP contribution in [0.3, 0.4) is 0 Å². The van der Waals surface area contributed by atoms with Crippen molar-refractivity contribution in [3.05, 3.63) is 108 Å². The van der Waals surface area contributed by atoms with Crippen LogP contribution >= 0.6 is 0 Å². The zero-order chi connectivity index (χ0) is 24.3. The van der Waals surface area contributed by atoms with Gasteiger partial charge in [0, 0.05) is 6.92 Å². The van der Waals surface area contributed by atoms with E-state index in [0.29, 0.717) is 33.0 Å². The van der Waals surface area contributed by atoms with Gasteiger partial charge in [-0.3, -0.25) is 4.79 Å². The van der Waals surface area contributed by atoms with E-state index in [0.717, 1.165) is 16.7 Å². The molecular formula is C29H33NO5. The lowest BCUT2D eigenvalue weighted by Crippen LogP contribution is -2.61. The first-order chi connectivity index (χ1) is 17.2. The van der Waals surface area contributed by atoms with Crippen LogP contribution in [-0.4, -0.2) is 43.5 Å². The van der Waals surface area contributed by atoms with Crippen LogP contribution in [0.15, 0.2) is 91.0 Å². The van der Waals surface area contributed by atoms with E-state index < -0.39 is 12.2 Å². The lowest BCUT2D eigenvalue weighted by molar-refractivity contribution is -0.208. The average molecular weight is 476 g/mol. The molecule has 4 rings (SSSR count). The molecule has 4 atom stereocenters. The first-order valence-electron chi connectivity index (χ1n) is 12.0. The van der Waals surface area contributed by atoms with Crippen molar-refractivity contribution in [2.24, 2.45) is 0 Å². The molecule has 6 heteroatoms. The van der Waals surface area contributed by atoms with Crippen molar-refractivity contribution < 1.29 is 23.7 Å². The Labute approximate surface area is 207 Å². The smallest absolute Gasteiger partial charge is 0.217 e. The zero-order valence-corrected chi connectivity index (χ0v) is 20.0. The second-order valence-corrected chi connectivity index (χ2v) is 8.70. The van der Waals surface area contributed by atoms with Gasteiger partial charge in [0.05, 0.1) is 39.1 Å². The van der Waals surface area contributed by atoms with E-state index in [1.54, 1.807) is 0 Å². The van der Waals surface area contributed by atoms with Crippen molar-refractivity contribution in [2.75, 3.05) is 13.2 Å². The van der Waals surface area contributed by atoms with E-state index >= 15 is 0 Å². The molecule has 3 aromatic rings. The molecule has 0 radical (unpaired) electrons. The van der Waals surface area contributed by atoms with Crippen LogP contribution in [0.2, 0.25) is 0 Å². The van der Waals surface area contributed by atoms with E-state index in [1.165, 1.54) is 6.92 Å². The number of ether oxygens (including phenoxy) is 4. The number of rotatable bonds is 11. The minimum atomic E-state index is -0.430. The van der Waals surface area contributed by atoms with Crippen LogP contribution in [0, 0.1) is 0 Å². The monoisotopic (exact) mass is 475 g/mol. The summed E-state index contributed by atoms with van der Waals surface area (Å²) in [7, 11) is 0. The summed E-state index contributed by atoms with van der Waals surface area (Å²) in [5.74, 6) is -0.132. The van der Waals surface area contributed by atoms with Gasteiger partial charge >= 0.3 is 0 Å². The summed E-state index contributed by atoms with van der Waals surface area (Å²) in [6.07, 6.45) is -1.17. The molecule has 184 valence electrons. The molecule has 6 nitrogen and oxygen atoms in total. The quantitative estimate of drug-likeness (QED) is 0.449. The van der Waals surface area contributed by atoms with Crippen LogP contribution in [0.4, 0.5) is 0 Å². The molecule has 35 heavy (non-hydrogen) atoms. The van der Waals surface area contributed by atoms with Crippen LogP contribution in [0.1, 0.15) is 23.6 Å². The minimum absolute atomic E-state index is 0.132. The molecule has 0 bridgehead atoms. The molecule has 0 spiro atoms. The minimum Gasteiger partial charge on any atom is -0.374 e. The summed E-state index contributed by atoms with van der Waals surface area (Å²) in [4.78, 5) is 11.9. The van der Waals surface area contributed by atoms with Crippen molar-refractivity contribution in [1.29, 1.82) is 0 Å². The zero-order valence-electron chi connectivity index (χ0n) is 20.0. The molecule has 1 aliphatic heterocycles. The molecule has 0 unspecified atom stereocenters. The summed E-state index contributed by atoms with van der Waals surface area (Å²) < 4.78 is 25.0. The molecule has 1 heterocycles. The highest BCUT2D eigenvalue weighted by Crippen LogP contribution is 2.25. The Hall–Kier alpha value is -3.03. The molecule has 1 N–H and O–H groups in total. The Morgan fingerprint density at radius 3 is 1.77 bits per heavy atom. The maximum Gasteiger partial charge on any atom is 0.217 e. The van der Waals surface area contributed by atoms with Gasteiger partial charge < -0.3 is 24.3 Å². The van der Waals surface area contributed by atoms with Gasteiger partial charge in [0.1, 0.15) is 18.3 Å². The number of nitrogens with one attached hydrogen (secondary N) is 1. The number of carbonyl (C=O) groups excluding carboxylic acids is 1. The third-order valence-electron chi connectivity index (χ3n) is 5.93. The molecule has 1 saturated heterocycles. The fraction of sp³-hybridized carbons (Fsp3) is 0.345. The standard InChI is InChI=1S/C29H33NO5/c1-22(31)30-26-20-33-27(21-32-17-23-11-5-2-6-12-23)29(35-19-25-15-9-4-10-16-25)28(26)34-18-24-13-7-3-8-14-24/h2-16,26-29H,17-21H2,1H3,(H,30,31)/t26-,27-,28-,29+/m1/s1. The van der Waals surface area contributed by atoms with Crippen molar-refractivity contribution in [2.45, 2.75) is 51.1 Å². The van der Waals surface area contributed by atoms with Crippen molar-refractivity contribution in [3.8, 4) is 0 Å². The lowest BCUT2D eigenvalue weighted by atomic mass is 9.97. The topological polar surface area (TPSA) is 66.0 Å². The van der Waals surface area contributed by atoms with Crippen LogP contribution in [0.5, 0.6) is 0 Å². The Bertz CT molecular complexity index is 1020. The second-order valence-electron chi connectivity index (χ2n) is 8.70. The lowest BCUT2D eigenvalue weighted by Gasteiger charge is -2.42. The van der Waals surface area contributed by atoms with Crippen molar-refractivity contribution in [1.82, 2.24) is 5.32 Å². The predicted molar refractivity (Wildman–Crippen MR) is 133 cm³/mol. The Morgan fingerprint density at radius 2 is 1.26 bits per heavy atom. The second kappa shape index (κ2) is 13.2. The van der Waals surface area contributed by atoms with Gasteiger partial charge in [-0.1, -0.05) is 91.0 Å². The fourth-order valence-electron chi connectivity index (χ4n) is 4.20. The average Bonchev–Trinajstić information content (AvgIpc) is 2.89. The largest absolute Gasteiger partial charge is 0.374 e. The summed E-state index contributed by atoms with van der Waals surface area (Å²) in [6, 6.07) is 29.7. The van der Waals surface area contributed by atoms with Gasteiger partial charge in [-0.05, 0) is 16.7 Å². The third-order valence-corrected chi connectivity index (χ3v) is 5.93. The molecule has 1 amide bonds. The molecule has 0 saturated carbocycles. The summed E-state index contributed by atoms with van der Waals surface area (Å²) in [5.41, 5.74) is 3.21. The maximum atomic E-state index is 11.9. The summed E-state index contributed by atoms with van der Waals surface area (Å²) in [6.45, 7) is 3.47. The molecular weight excluding hydrogens is 442 g/mol. The third kappa shape index (κ3) is 7.73. The van der Waals surface area contributed by atoms with Gasteiger partial charge in [-0.15, -0.1) is 0 Å². The SMILES string of the molecule is CC(=O)N[C@@H]1CO[C@H](COCc2ccccc2)[C@H](OCc2ccccc2)[C@@H]1OCc1ccccc1. The van der Waals surface area contributed by atoms with Crippen LogP contribution in [0.25, 0.3) is 0 Å². The maximum absolute atomic E-state index is 11.9. The summed E-state index contributed by atoms with van der Waals surface area (Å²) in [5, 5.41) is 2.99. The normalized spacial score (nSPS) is 22.0. The molecule has 1 aliphatic rings. The number of benzene rings is 3. The van der Waals surface area contributed by atoms with Gasteiger partial charge in [0.2, 0.25) is 5.91 Å². The van der Waals surface area contributed by atoms with Gasteiger partial charge in [-0.25, -0.2) is 0 Å². The van der Waals surface area contributed by atoms with E-state index in [4.69, 9.17) is 18.9 Å². The highest BCUT2D eigenvalue weighted by Gasteiger charge is 2.42. The van der Waals surface area contributed by atoms with E-state index in [9.17, 15) is 4.79 Å². The van der Waals surface area contributed by atoms with Crippen LogP contribution < -0.4 is 5.32 Å². The fourth-order valence-corrected chi connectivity index (χ4v) is 4.20. The van der Waals surface area contributed by atoms with Gasteiger partial charge in [-0.2, -0.15) is 0 Å². The number of hydrogen-bond donors (Lipinski definition) is 1. The Morgan fingerprint density at radius 1 is 0.771 bits per heavy atom. The Kier molecular flexibility index (Phi) is 9.43. The predicted octanol–water partition coefficient (Wildman–Crippen LogP) is 4.28. The summed E-state index contributed by atoms with van der Waals surface area (Å²) >= 11 is 0. The van der Waals surface area contributed by atoms with Gasteiger partial charge in [0.25, 0.3) is 0 Å². The van der Waals surface area contributed by atoms with Crippen LogP contribution in [-0.2, 0) is 43.6 Å². The highest BCUT2D eigenvalue weighted by molar-refractivity contribution is 5.73. The first-order valence-corrected chi connectivity index (χ1v) is 12.0. The van der Waals surface area contributed by atoms with E-state index in [1.807, 2.05) is 91.0 Å². The molecule has 0 aromatic heterocycles. The molecule has 1 fully saturated rings. The molecule has 0 aliphatic carbocycles. The molecule has 3 aromatic carbocycles. The number of amides is 1. The highest BCUT2D eigenvalue weighted by atomic mass is 16.6. The number of carbonyl (C=O) groups is 1. The van der Waals surface area contributed by atoms with Crippen molar-refractivity contribution >= 4 is 5.91 Å². The van der Waals surface area contributed by atoms with Gasteiger partial charge in [0.15, 0.2) is 0 Å².